The van der Waals surface area contributed by atoms with Gasteiger partial charge in [0.15, 0.2) is 5.69 Å². The third-order valence-corrected chi connectivity index (χ3v) is 4.50. The van der Waals surface area contributed by atoms with Crippen LogP contribution in [0.5, 0.6) is 0 Å². The van der Waals surface area contributed by atoms with Crippen LogP contribution in [0.1, 0.15) is 16.1 Å². The van der Waals surface area contributed by atoms with Gasteiger partial charge >= 0.3 is 0 Å². The van der Waals surface area contributed by atoms with Gasteiger partial charge in [0.2, 0.25) is 0 Å². The summed E-state index contributed by atoms with van der Waals surface area (Å²) >= 11 is 0. The molecule has 0 saturated carbocycles. The van der Waals surface area contributed by atoms with Crippen molar-refractivity contribution in [3.8, 4) is 5.69 Å². The summed E-state index contributed by atoms with van der Waals surface area (Å²) in [5.74, 6) is -0.263. The Morgan fingerprint density at radius 2 is 1.93 bits per heavy atom. The van der Waals surface area contributed by atoms with Crippen LogP contribution >= 0.6 is 0 Å². The number of para-hydroxylation sites is 1. The molecule has 0 radical (unpaired) electrons. The molecule has 0 aliphatic rings. The number of benzene rings is 2. The molecule has 0 unspecified atom stereocenters. The first-order chi connectivity index (χ1) is 13.6. The van der Waals surface area contributed by atoms with E-state index in [1.807, 2.05) is 24.4 Å². The summed E-state index contributed by atoms with van der Waals surface area (Å²) in [4.78, 5) is 25.8. The second kappa shape index (κ2) is 7.36. The number of hydrogen-bond acceptors (Lipinski definition) is 4. The Morgan fingerprint density at radius 1 is 1.14 bits per heavy atom. The number of nitro benzene ring substituents is 1. The summed E-state index contributed by atoms with van der Waals surface area (Å²) < 4.78 is 1.51. The molecule has 4 rings (SSSR count). The summed E-state index contributed by atoms with van der Waals surface area (Å²) in [6.07, 6.45) is 4.31. The number of carbonyl (C=O) groups is 1. The molecule has 0 saturated heterocycles. The minimum atomic E-state index is -0.459. The minimum absolute atomic E-state index is 0.00570. The maximum Gasteiger partial charge on any atom is 0.271 e. The number of nitrogens with zero attached hydrogens (tertiary/aromatic N) is 3. The highest BCUT2D eigenvalue weighted by Gasteiger charge is 2.11. The maximum absolute atomic E-state index is 12.3. The molecule has 0 fully saturated rings. The van der Waals surface area contributed by atoms with E-state index in [1.165, 1.54) is 16.8 Å². The molecule has 0 aliphatic heterocycles. The zero-order chi connectivity index (χ0) is 19.5. The van der Waals surface area contributed by atoms with Crippen molar-refractivity contribution in [3.05, 3.63) is 88.4 Å². The van der Waals surface area contributed by atoms with Crippen LogP contribution in [-0.2, 0) is 6.42 Å². The Labute approximate surface area is 160 Å². The number of fused-ring (bicyclic) bond motifs is 1. The fourth-order valence-electron chi connectivity index (χ4n) is 3.06. The lowest BCUT2D eigenvalue weighted by atomic mass is 10.1. The fraction of sp³-hybridized carbons (Fsp3) is 0.100. The number of rotatable bonds is 6. The van der Waals surface area contributed by atoms with Gasteiger partial charge in [-0.25, -0.2) is 4.68 Å². The number of non-ortho nitro benzene ring substituents is 1. The second-order valence-electron chi connectivity index (χ2n) is 6.28. The van der Waals surface area contributed by atoms with E-state index in [1.54, 1.807) is 24.4 Å². The molecular weight excluding hydrogens is 358 g/mol. The number of nitrogens with one attached hydrogen (secondary N) is 2. The Morgan fingerprint density at radius 3 is 2.71 bits per heavy atom. The number of aromatic amines is 1. The van der Waals surface area contributed by atoms with Gasteiger partial charge in [-0.05, 0) is 36.2 Å². The number of aromatic nitrogens is 3. The molecule has 0 aliphatic carbocycles. The van der Waals surface area contributed by atoms with Crippen LogP contribution in [0.3, 0.4) is 0 Å². The normalized spacial score (nSPS) is 10.9. The van der Waals surface area contributed by atoms with E-state index in [0.29, 0.717) is 18.7 Å². The summed E-state index contributed by atoms with van der Waals surface area (Å²) in [6.45, 7) is 0.491. The van der Waals surface area contributed by atoms with Crippen LogP contribution in [0, 0.1) is 10.1 Å². The highest BCUT2D eigenvalue weighted by atomic mass is 16.6. The van der Waals surface area contributed by atoms with E-state index in [0.717, 1.165) is 16.5 Å². The molecule has 0 atom stereocenters. The average Bonchev–Trinajstić information content (AvgIpc) is 3.36. The molecule has 4 aromatic rings. The summed E-state index contributed by atoms with van der Waals surface area (Å²) in [5, 5.41) is 19.0. The molecule has 28 heavy (non-hydrogen) atoms. The van der Waals surface area contributed by atoms with Crippen molar-refractivity contribution in [3.63, 3.8) is 0 Å². The maximum atomic E-state index is 12.3. The highest BCUT2D eigenvalue weighted by Crippen LogP contribution is 2.18. The van der Waals surface area contributed by atoms with Crippen molar-refractivity contribution < 1.29 is 9.72 Å². The van der Waals surface area contributed by atoms with Gasteiger partial charge in [0.1, 0.15) is 0 Å². The van der Waals surface area contributed by atoms with Crippen molar-refractivity contribution in [1.82, 2.24) is 20.1 Å². The van der Waals surface area contributed by atoms with Crippen LogP contribution in [0.25, 0.3) is 16.6 Å². The Bertz CT molecular complexity index is 1140. The molecule has 0 spiro atoms. The average molecular weight is 375 g/mol. The lowest BCUT2D eigenvalue weighted by Gasteiger charge is -2.03. The van der Waals surface area contributed by atoms with E-state index in [-0.39, 0.29) is 17.3 Å². The molecule has 0 bridgehead atoms. The zero-order valence-electron chi connectivity index (χ0n) is 14.8. The third kappa shape index (κ3) is 3.48. The first kappa shape index (κ1) is 17.5. The van der Waals surface area contributed by atoms with E-state index in [2.05, 4.69) is 21.5 Å². The van der Waals surface area contributed by atoms with Crippen molar-refractivity contribution in [2.24, 2.45) is 0 Å². The number of carbonyl (C=O) groups excluding carboxylic acids is 1. The lowest BCUT2D eigenvalue weighted by molar-refractivity contribution is -0.384. The Balaban J connectivity index is 1.38. The number of amides is 1. The quantitative estimate of drug-likeness (QED) is 0.398. The first-order valence-corrected chi connectivity index (χ1v) is 8.75. The molecular formula is C20H17N5O3. The summed E-state index contributed by atoms with van der Waals surface area (Å²) in [7, 11) is 0. The molecule has 8 nitrogen and oxygen atoms in total. The van der Waals surface area contributed by atoms with Gasteiger partial charge in [0.05, 0.1) is 10.6 Å². The van der Waals surface area contributed by atoms with Crippen molar-refractivity contribution >= 4 is 22.5 Å². The van der Waals surface area contributed by atoms with Gasteiger partial charge in [-0.2, -0.15) is 5.10 Å². The molecule has 2 N–H and O–H groups in total. The van der Waals surface area contributed by atoms with Gasteiger partial charge in [-0.3, -0.25) is 14.9 Å². The fourth-order valence-corrected chi connectivity index (χ4v) is 3.06. The monoisotopic (exact) mass is 375 g/mol. The molecule has 8 heteroatoms. The second-order valence-corrected chi connectivity index (χ2v) is 6.28. The molecule has 2 aromatic heterocycles. The number of hydrogen-bond donors (Lipinski definition) is 2. The highest BCUT2D eigenvalue weighted by molar-refractivity contribution is 5.92. The van der Waals surface area contributed by atoms with E-state index >= 15 is 0 Å². The molecule has 2 heterocycles. The van der Waals surface area contributed by atoms with Crippen molar-refractivity contribution in [1.29, 1.82) is 0 Å². The van der Waals surface area contributed by atoms with Gasteiger partial charge in [0, 0.05) is 42.0 Å². The standard InChI is InChI=1S/C20H17N5O3/c26-20(21-11-9-14-13-22-18-4-2-1-3-17(14)18)19-10-12-24(23-19)15-5-7-16(8-6-15)25(27)28/h1-8,10,12-13,22H,9,11H2,(H,21,26). The predicted molar refractivity (Wildman–Crippen MR) is 105 cm³/mol. The number of nitro groups is 1. The van der Waals surface area contributed by atoms with Crippen LogP contribution < -0.4 is 5.32 Å². The third-order valence-electron chi connectivity index (χ3n) is 4.50. The smallest absolute Gasteiger partial charge is 0.271 e. The lowest BCUT2D eigenvalue weighted by Crippen LogP contribution is -2.26. The summed E-state index contributed by atoms with van der Waals surface area (Å²) in [5.41, 5.74) is 3.16. The molecule has 2 aromatic carbocycles. The van der Waals surface area contributed by atoms with E-state index in [4.69, 9.17) is 0 Å². The minimum Gasteiger partial charge on any atom is -0.361 e. The Kier molecular flexibility index (Phi) is 4.59. The largest absolute Gasteiger partial charge is 0.361 e. The van der Waals surface area contributed by atoms with Gasteiger partial charge < -0.3 is 10.3 Å². The molecule has 140 valence electrons. The van der Waals surface area contributed by atoms with Crippen LogP contribution in [-0.4, -0.2) is 32.1 Å². The zero-order valence-corrected chi connectivity index (χ0v) is 14.8. The number of H-pyrrole nitrogens is 1. The van der Waals surface area contributed by atoms with E-state index < -0.39 is 4.92 Å². The van der Waals surface area contributed by atoms with Crippen LogP contribution in [0.2, 0.25) is 0 Å². The SMILES string of the molecule is O=C(NCCc1c[nH]c2ccccc12)c1ccn(-c2ccc([N+](=O)[O-])cc2)n1. The first-order valence-electron chi connectivity index (χ1n) is 8.75. The van der Waals surface area contributed by atoms with Crippen LogP contribution in [0.4, 0.5) is 5.69 Å². The van der Waals surface area contributed by atoms with Gasteiger partial charge in [-0.15, -0.1) is 0 Å². The van der Waals surface area contributed by atoms with Crippen molar-refractivity contribution in [2.75, 3.05) is 6.54 Å². The van der Waals surface area contributed by atoms with Crippen molar-refractivity contribution in [2.45, 2.75) is 6.42 Å². The molecule has 1 amide bonds. The van der Waals surface area contributed by atoms with E-state index in [9.17, 15) is 14.9 Å². The van der Waals surface area contributed by atoms with Crippen LogP contribution in [0.15, 0.2) is 67.0 Å². The van der Waals surface area contributed by atoms with Gasteiger partial charge in [-0.1, -0.05) is 18.2 Å². The Hall–Kier alpha value is -3.94. The predicted octanol–water partition coefficient (Wildman–Crippen LogP) is 3.23. The summed E-state index contributed by atoms with van der Waals surface area (Å²) in [6, 6.07) is 15.6. The topological polar surface area (TPSA) is 106 Å². The van der Waals surface area contributed by atoms with Gasteiger partial charge in [0.25, 0.3) is 11.6 Å².